The number of benzene rings is 2. The molecule has 0 heterocycles. The molecule has 0 saturated heterocycles. The Morgan fingerprint density at radius 3 is 2.07 bits per heavy atom. The average Bonchev–Trinajstić information content (AvgIpc) is 2.65. The van der Waals surface area contributed by atoms with Crippen LogP contribution in [0.15, 0.2) is 36.4 Å². The van der Waals surface area contributed by atoms with Gasteiger partial charge in [-0.05, 0) is 57.1 Å². The van der Waals surface area contributed by atoms with Crippen molar-refractivity contribution in [1.29, 1.82) is 0 Å². The van der Waals surface area contributed by atoms with Gasteiger partial charge in [0, 0.05) is 5.56 Å². The first kappa shape index (κ1) is 24.2. The molecule has 2 rings (SSSR count). The minimum absolute atomic E-state index is 0.367. The molecule has 1 unspecified atom stereocenters. The number of hydrogen-bond acceptors (Lipinski definition) is 2. The van der Waals surface area contributed by atoms with E-state index < -0.39 is 43.1 Å². The average molecular weight is 450 g/mol. The van der Waals surface area contributed by atoms with Gasteiger partial charge in [-0.3, -0.25) is 4.79 Å². The summed E-state index contributed by atoms with van der Waals surface area (Å²) in [6.07, 6.45) is -7.26. The lowest BCUT2D eigenvalue weighted by Gasteiger charge is -2.18. The molecule has 0 radical (unpaired) electrons. The van der Waals surface area contributed by atoms with Crippen LogP contribution < -0.4 is 10.0 Å². The predicted octanol–water partition coefficient (Wildman–Crippen LogP) is 6.75. The van der Waals surface area contributed by atoms with E-state index in [2.05, 4.69) is 6.92 Å². The van der Waals surface area contributed by atoms with E-state index in [9.17, 15) is 31.1 Å². The summed E-state index contributed by atoms with van der Waals surface area (Å²) in [5, 5.41) is 0.367. The first-order valence-corrected chi connectivity index (χ1v) is 10.3. The molecule has 0 aliphatic heterocycles. The van der Waals surface area contributed by atoms with Crippen molar-refractivity contribution >= 4 is 19.4 Å². The SMILES string of the molecule is CCCCCOc1ccc(PC(=O)c2c(C(F)(F)F)cccc2C(F)(F)F)c(C)c1. The van der Waals surface area contributed by atoms with Crippen molar-refractivity contribution in [3.63, 3.8) is 0 Å². The Balaban J connectivity index is 2.32. The van der Waals surface area contributed by atoms with Crippen molar-refractivity contribution < 1.29 is 35.9 Å². The van der Waals surface area contributed by atoms with Crippen LogP contribution in [0.5, 0.6) is 5.75 Å². The maximum Gasteiger partial charge on any atom is 0.417 e. The van der Waals surface area contributed by atoms with Gasteiger partial charge in [0.25, 0.3) is 0 Å². The minimum atomic E-state index is -5.08. The molecule has 0 aliphatic carbocycles. The van der Waals surface area contributed by atoms with Gasteiger partial charge >= 0.3 is 12.4 Å². The fraction of sp³-hybridized carbons (Fsp3) is 0.381. The number of carbonyl (C=O) groups excluding carboxylic acids is 1. The van der Waals surface area contributed by atoms with Gasteiger partial charge in [0.15, 0.2) is 5.52 Å². The second kappa shape index (κ2) is 9.82. The Hall–Kier alpha value is -2.08. The van der Waals surface area contributed by atoms with E-state index in [4.69, 9.17) is 4.74 Å². The van der Waals surface area contributed by atoms with E-state index in [1.165, 1.54) is 6.07 Å². The highest BCUT2D eigenvalue weighted by Gasteiger charge is 2.42. The van der Waals surface area contributed by atoms with Crippen LogP contribution in [0.25, 0.3) is 0 Å². The molecule has 9 heteroatoms. The van der Waals surface area contributed by atoms with E-state index in [1.54, 1.807) is 19.1 Å². The number of carbonyl (C=O) groups is 1. The molecule has 0 aromatic heterocycles. The van der Waals surface area contributed by atoms with Gasteiger partial charge in [-0.1, -0.05) is 31.9 Å². The fourth-order valence-electron chi connectivity index (χ4n) is 2.86. The Morgan fingerprint density at radius 2 is 1.57 bits per heavy atom. The first-order chi connectivity index (χ1) is 13.9. The summed E-state index contributed by atoms with van der Waals surface area (Å²) in [7, 11) is -0.890. The van der Waals surface area contributed by atoms with E-state index in [-0.39, 0.29) is 0 Å². The summed E-state index contributed by atoms with van der Waals surface area (Å²) < 4.78 is 85.3. The summed E-state index contributed by atoms with van der Waals surface area (Å²) in [5.41, 5.74) is -5.15. The monoisotopic (exact) mass is 450 g/mol. The number of rotatable bonds is 8. The molecule has 0 spiro atoms. The Kier molecular flexibility index (Phi) is 7.92. The molecule has 0 fully saturated rings. The molecule has 2 aromatic carbocycles. The lowest BCUT2D eigenvalue weighted by molar-refractivity contribution is -0.143. The summed E-state index contributed by atoms with van der Waals surface area (Å²) in [4.78, 5) is 12.6. The highest BCUT2D eigenvalue weighted by atomic mass is 31.1. The van der Waals surface area contributed by atoms with Crippen LogP contribution in [0.1, 0.15) is 53.2 Å². The van der Waals surface area contributed by atoms with Crippen molar-refractivity contribution in [2.75, 3.05) is 6.61 Å². The molecule has 0 bridgehead atoms. The third-order valence-electron chi connectivity index (χ3n) is 4.37. The third kappa shape index (κ3) is 6.21. The second-order valence-corrected chi connectivity index (χ2v) is 7.95. The summed E-state index contributed by atoms with van der Waals surface area (Å²) in [5.74, 6) is 0.538. The smallest absolute Gasteiger partial charge is 0.417 e. The predicted molar refractivity (Wildman–Crippen MR) is 105 cm³/mol. The zero-order chi connectivity index (χ0) is 22.5. The largest absolute Gasteiger partial charge is 0.494 e. The van der Waals surface area contributed by atoms with Gasteiger partial charge in [0.05, 0.1) is 17.7 Å². The first-order valence-electron chi connectivity index (χ1n) is 9.27. The molecular formula is C21H21F6O2P. The number of halogens is 6. The zero-order valence-corrected chi connectivity index (χ0v) is 17.4. The van der Waals surface area contributed by atoms with Crippen LogP contribution >= 0.6 is 8.58 Å². The van der Waals surface area contributed by atoms with Crippen LogP contribution in [-0.2, 0) is 12.4 Å². The standard InChI is InChI=1S/C21H21F6O2P/c1-3-4-5-11-29-14-9-10-17(13(2)12-14)30-19(28)18-15(20(22,23)24)7-6-8-16(18)21(25,26)27/h6-10,12,30H,3-5,11H2,1-2H3. The highest BCUT2D eigenvalue weighted by molar-refractivity contribution is 7.66. The van der Waals surface area contributed by atoms with Gasteiger partial charge in [-0.15, -0.1) is 0 Å². The lowest BCUT2D eigenvalue weighted by atomic mass is 10.0. The zero-order valence-electron chi connectivity index (χ0n) is 16.4. The van der Waals surface area contributed by atoms with Crippen molar-refractivity contribution in [2.45, 2.75) is 45.5 Å². The topological polar surface area (TPSA) is 26.3 Å². The van der Waals surface area contributed by atoms with Crippen LogP contribution in [-0.4, -0.2) is 12.1 Å². The Bertz CT molecular complexity index is 858. The van der Waals surface area contributed by atoms with Crippen LogP contribution in [0.4, 0.5) is 26.3 Å². The molecule has 164 valence electrons. The van der Waals surface area contributed by atoms with Crippen molar-refractivity contribution in [3.8, 4) is 5.75 Å². The van der Waals surface area contributed by atoms with Gasteiger partial charge in [-0.2, -0.15) is 26.3 Å². The number of unbranched alkanes of at least 4 members (excludes halogenated alkanes) is 2. The van der Waals surface area contributed by atoms with Gasteiger partial charge < -0.3 is 4.74 Å². The van der Waals surface area contributed by atoms with E-state index in [1.807, 2.05) is 0 Å². The van der Waals surface area contributed by atoms with Crippen LogP contribution in [0.2, 0.25) is 0 Å². The summed E-state index contributed by atoms with van der Waals surface area (Å²) >= 11 is 0. The molecule has 0 aliphatic rings. The molecule has 0 saturated carbocycles. The van der Waals surface area contributed by atoms with E-state index >= 15 is 0 Å². The lowest BCUT2D eigenvalue weighted by Crippen LogP contribution is -2.19. The van der Waals surface area contributed by atoms with Gasteiger partial charge in [-0.25, -0.2) is 0 Å². The van der Waals surface area contributed by atoms with Crippen LogP contribution in [0.3, 0.4) is 0 Å². The number of alkyl halides is 6. The minimum Gasteiger partial charge on any atom is -0.494 e. The summed E-state index contributed by atoms with van der Waals surface area (Å²) in [6.45, 7) is 4.19. The number of hydrogen-bond donors (Lipinski definition) is 0. The summed E-state index contributed by atoms with van der Waals surface area (Å²) in [6, 6.07) is 6.34. The maximum atomic E-state index is 13.3. The van der Waals surface area contributed by atoms with E-state index in [0.717, 1.165) is 19.3 Å². The number of ether oxygens (including phenoxy) is 1. The fourth-order valence-corrected chi connectivity index (χ4v) is 3.94. The Morgan fingerprint density at radius 1 is 0.967 bits per heavy atom. The Labute approximate surface area is 172 Å². The molecule has 2 aromatic rings. The molecule has 2 nitrogen and oxygen atoms in total. The maximum absolute atomic E-state index is 13.3. The third-order valence-corrected chi connectivity index (χ3v) is 5.67. The second-order valence-electron chi connectivity index (χ2n) is 6.71. The van der Waals surface area contributed by atoms with Gasteiger partial charge in [0.1, 0.15) is 5.75 Å². The molecule has 30 heavy (non-hydrogen) atoms. The highest BCUT2D eigenvalue weighted by Crippen LogP contribution is 2.41. The molecule has 0 amide bonds. The van der Waals surface area contributed by atoms with Gasteiger partial charge in [0.2, 0.25) is 0 Å². The molecule has 0 N–H and O–H groups in total. The number of aryl methyl sites for hydroxylation is 1. The normalized spacial score (nSPS) is 12.5. The van der Waals surface area contributed by atoms with Crippen molar-refractivity contribution in [1.82, 2.24) is 0 Å². The van der Waals surface area contributed by atoms with Crippen molar-refractivity contribution in [2.24, 2.45) is 0 Å². The molecule has 1 atom stereocenters. The molecular weight excluding hydrogens is 429 g/mol. The van der Waals surface area contributed by atoms with Crippen molar-refractivity contribution in [3.05, 3.63) is 58.7 Å². The quantitative estimate of drug-likeness (QED) is 0.253. The van der Waals surface area contributed by atoms with E-state index in [0.29, 0.717) is 41.4 Å². The van der Waals surface area contributed by atoms with Crippen LogP contribution in [0, 0.1) is 6.92 Å².